The van der Waals surface area contributed by atoms with Gasteiger partial charge >= 0.3 is 0 Å². The summed E-state index contributed by atoms with van der Waals surface area (Å²) < 4.78 is 0.870. The van der Waals surface area contributed by atoms with Crippen molar-refractivity contribution in [3.05, 3.63) is 44.0 Å². The van der Waals surface area contributed by atoms with Crippen molar-refractivity contribution < 1.29 is 4.79 Å². The van der Waals surface area contributed by atoms with Gasteiger partial charge < -0.3 is 10.6 Å². The number of hydrogen-bond donors (Lipinski definition) is 2. The van der Waals surface area contributed by atoms with E-state index in [1.807, 2.05) is 29.6 Å². The summed E-state index contributed by atoms with van der Waals surface area (Å²) in [7, 11) is 0. The highest BCUT2D eigenvalue weighted by atomic mass is 79.9. The summed E-state index contributed by atoms with van der Waals surface area (Å²) >= 11 is 11.0. The summed E-state index contributed by atoms with van der Waals surface area (Å²) in [4.78, 5) is 12.1. The number of nitrogens with one attached hydrogen (secondary N) is 2. The van der Waals surface area contributed by atoms with E-state index in [0.29, 0.717) is 11.6 Å². The zero-order valence-corrected chi connectivity index (χ0v) is 13.3. The van der Waals surface area contributed by atoms with Gasteiger partial charge in [-0.25, -0.2) is 0 Å². The van der Waals surface area contributed by atoms with Crippen molar-refractivity contribution in [2.24, 2.45) is 0 Å². The largest absolute Gasteiger partial charge is 0.380 e. The second kappa shape index (κ2) is 6.41. The molecule has 0 bridgehead atoms. The highest BCUT2D eigenvalue weighted by molar-refractivity contribution is 9.10. The number of anilines is 2. The normalized spacial score (nSPS) is 10.3. The van der Waals surface area contributed by atoms with Gasteiger partial charge in [-0.3, -0.25) is 4.79 Å². The van der Waals surface area contributed by atoms with Crippen molar-refractivity contribution in [3.8, 4) is 0 Å². The van der Waals surface area contributed by atoms with Crippen LogP contribution in [-0.2, 0) is 11.3 Å². The zero-order valence-electron chi connectivity index (χ0n) is 10.2. The standard InChI is InChI=1S/C13H12BrClN2OS/c1-8(18)17-12-4-5-19-13(12)7-16-9-2-3-10(14)11(15)6-9/h2-6,16H,7H2,1H3,(H,17,18). The predicted molar refractivity (Wildman–Crippen MR) is 85.1 cm³/mol. The second-order valence-electron chi connectivity index (χ2n) is 3.92. The molecule has 0 saturated heterocycles. The average Bonchev–Trinajstić information content (AvgIpc) is 2.77. The molecule has 1 amide bonds. The Morgan fingerprint density at radius 1 is 1.42 bits per heavy atom. The number of amides is 1. The Morgan fingerprint density at radius 3 is 2.89 bits per heavy atom. The maximum absolute atomic E-state index is 11.1. The second-order valence-corrected chi connectivity index (χ2v) is 6.18. The summed E-state index contributed by atoms with van der Waals surface area (Å²) in [6.07, 6.45) is 0. The molecule has 0 aliphatic heterocycles. The molecule has 0 radical (unpaired) electrons. The summed E-state index contributed by atoms with van der Waals surface area (Å²) in [5, 5.41) is 8.71. The molecule has 19 heavy (non-hydrogen) atoms. The molecule has 2 N–H and O–H groups in total. The van der Waals surface area contributed by atoms with Crippen molar-refractivity contribution in [3.63, 3.8) is 0 Å². The van der Waals surface area contributed by atoms with Crippen LogP contribution < -0.4 is 10.6 Å². The summed E-state index contributed by atoms with van der Waals surface area (Å²) in [5.74, 6) is -0.0636. The van der Waals surface area contributed by atoms with E-state index in [4.69, 9.17) is 11.6 Å². The van der Waals surface area contributed by atoms with Crippen LogP contribution in [0.15, 0.2) is 34.1 Å². The van der Waals surface area contributed by atoms with Crippen LogP contribution in [0.2, 0.25) is 5.02 Å². The van der Waals surface area contributed by atoms with Gasteiger partial charge in [0.05, 0.1) is 17.3 Å². The number of carbonyl (C=O) groups is 1. The van der Waals surface area contributed by atoms with Gasteiger partial charge in [0.2, 0.25) is 5.91 Å². The zero-order chi connectivity index (χ0) is 13.8. The van der Waals surface area contributed by atoms with Gasteiger partial charge in [0, 0.05) is 22.0 Å². The monoisotopic (exact) mass is 358 g/mol. The van der Waals surface area contributed by atoms with Gasteiger partial charge in [-0.1, -0.05) is 11.6 Å². The third-order valence-electron chi connectivity index (χ3n) is 2.43. The molecule has 0 fully saturated rings. The molecule has 1 aromatic carbocycles. The van der Waals surface area contributed by atoms with E-state index < -0.39 is 0 Å². The third-order valence-corrected chi connectivity index (χ3v) is 4.58. The van der Waals surface area contributed by atoms with Crippen LogP contribution in [0.25, 0.3) is 0 Å². The molecular formula is C13H12BrClN2OS. The minimum atomic E-state index is -0.0636. The van der Waals surface area contributed by atoms with Crippen LogP contribution in [0.5, 0.6) is 0 Å². The van der Waals surface area contributed by atoms with Crippen molar-refractivity contribution >= 4 is 56.1 Å². The Hall–Kier alpha value is -1.04. The van der Waals surface area contributed by atoms with Crippen LogP contribution in [-0.4, -0.2) is 5.91 Å². The molecule has 1 aromatic heterocycles. The first kappa shape index (κ1) is 14.4. The maximum atomic E-state index is 11.1. The Labute approximate surface area is 129 Å². The fraction of sp³-hybridized carbons (Fsp3) is 0.154. The molecule has 2 rings (SSSR count). The Morgan fingerprint density at radius 2 is 2.21 bits per heavy atom. The van der Waals surface area contributed by atoms with Gasteiger partial charge in [0.25, 0.3) is 0 Å². The van der Waals surface area contributed by atoms with Crippen molar-refractivity contribution in [2.75, 3.05) is 10.6 Å². The van der Waals surface area contributed by atoms with Crippen LogP contribution in [0, 0.1) is 0 Å². The number of halogens is 2. The molecule has 100 valence electrons. The van der Waals surface area contributed by atoms with Gasteiger partial charge in [0.15, 0.2) is 0 Å². The first-order valence-electron chi connectivity index (χ1n) is 5.59. The van der Waals surface area contributed by atoms with E-state index in [9.17, 15) is 4.79 Å². The maximum Gasteiger partial charge on any atom is 0.221 e. The van der Waals surface area contributed by atoms with Crippen LogP contribution >= 0.6 is 38.9 Å². The smallest absolute Gasteiger partial charge is 0.221 e. The van der Waals surface area contributed by atoms with E-state index in [2.05, 4.69) is 26.6 Å². The molecular weight excluding hydrogens is 348 g/mol. The lowest BCUT2D eigenvalue weighted by Crippen LogP contribution is -2.08. The number of hydrogen-bond acceptors (Lipinski definition) is 3. The molecule has 0 aliphatic rings. The molecule has 0 atom stereocenters. The van der Waals surface area contributed by atoms with E-state index in [1.54, 1.807) is 11.3 Å². The SMILES string of the molecule is CC(=O)Nc1ccsc1CNc1ccc(Br)c(Cl)c1. The molecule has 0 unspecified atom stereocenters. The molecule has 2 aromatic rings. The lowest BCUT2D eigenvalue weighted by molar-refractivity contribution is -0.114. The van der Waals surface area contributed by atoms with E-state index in [0.717, 1.165) is 20.7 Å². The Balaban J connectivity index is 2.04. The van der Waals surface area contributed by atoms with Gasteiger partial charge in [-0.15, -0.1) is 11.3 Å². The summed E-state index contributed by atoms with van der Waals surface area (Å²) in [6.45, 7) is 2.15. The first-order chi connectivity index (χ1) is 9.06. The summed E-state index contributed by atoms with van der Waals surface area (Å²) in [5.41, 5.74) is 1.79. The first-order valence-corrected chi connectivity index (χ1v) is 7.64. The number of thiophene rings is 1. The average molecular weight is 360 g/mol. The van der Waals surface area contributed by atoms with E-state index in [1.165, 1.54) is 6.92 Å². The predicted octanol–water partition coefficient (Wildman–Crippen LogP) is 4.73. The lowest BCUT2D eigenvalue weighted by Gasteiger charge is -2.08. The molecule has 0 spiro atoms. The van der Waals surface area contributed by atoms with E-state index >= 15 is 0 Å². The number of benzene rings is 1. The fourth-order valence-corrected chi connectivity index (χ4v) is 2.76. The molecule has 6 heteroatoms. The quantitative estimate of drug-likeness (QED) is 0.828. The minimum Gasteiger partial charge on any atom is -0.380 e. The van der Waals surface area contributed by atoms with Crippen molar-refractivity contribution in [2.45, 2.75) is 13.5 Å². The van der Waals surface area contributed by atoms with E-state index in [-0.39, 0.29) is 5.91 Å². The number of carbonyl (C=O) groups excluding carboxylic acids is 1. The fourth-order valence-electron chi connectivity index (χ4n) is 1.57. The topological polar surface area (TPSA) is 41.1 Å². The van der Waals surface area contributed by atoms with Crippen LogP contribution in [0.1, 0.15) is 11.8 Å². The van der Waals surface area contributed by atoms with Crippen LogP contribution in [0.4, 0.5) is 11.4 Å². The number of rotatable bonds is 4. The minimum absolute atomic E-state index is 0.0636. The third kappa shape index (κ3) is 3.96. The lowest BCUT2D eigenvalue weighted by atomic mass is 10.3. The highest BCUT2D eigenvalue weighted by Crippen LogP contribution is 2.27. The van der Waals surface area contributed by atoms with Gasteiger partial charge in [0.1, 0.15) is 0 Å². The molecule has 0 saturated carbocycles. The van der Waals surface area contributed by atoms with Gasteiger partial charge in [-0.05, 0) is 45.6 Å². The van der Waals surface area contributed by atoms with Crippen molar-refractivity contribution in [1.82, 2.24) is 0 Å². The summed E-state index contributed by atoms with van der Waals surface area (Å²) in [6, 6.07) is 7.60. The van der Waals surface area contributed by atoms with Crippen molar-refractivity contribution in [1.29, 1.82) is 0 Å². The Kier molecular flexibility index (Phi) is 4.85. The van der Waals surface area contributed by atoms with Gasteiger partial charge in [-0.2, -0.15) is 0 Å². The van der Waals surface area contributed by atoms with Crippen LogP contribution in [0.3, 0.4) is 0 Å². The molecule has 1 heterocycles. The Bertz CT molecular complexity index is 600. The highest BCUT2D eigenvalue weighted by Gasteiger charge is 2.06. The molecule has 3 nitrogen and oxygen atoms in total. The molecule has 0 aliphatic carbocycles.